The van der Waals surface area contributed by atoms with Crippen LogP contribution in [0.2, 0.25) is 0 Å². The Labute approximate surface area is 68.1 Å². The zero-order valence-electron chi connectivity index (χ0n) is 7.12. The molecule has 0 radical (unpaired) electrons. The van der Waals surface area contributed by atoms with Gasteiger partial charge in [0.1, 0.15) is 0 Å². The molecule has 2 nitrogen and oxygen atoms in total. The van der Waals surface area contributed by atoms with E-state index in [1.165, 1.54) is 0 Å². The quantitative estimate of drug-likeness (QED) is 0.553. The van der Waals surface area contributed by atoms with Crippen LogP contribution in [0, 0.1) is 0 Å². The summed E-state index contributed by atoms with van der Waals surface area (Å²) in [6, 6.07) is 0. The Bertz CT molecular complexity index is 204. The second kappa shape index (κ2) is 3.28. The van der Waals surface area contributed by atoms with E-state index in [0.717, 1.165) is 12.4 Å². The van der Waals surface area contributed by atoms with E-state index >= 15 is 0 Å². The number of hydrogen-bond acceptors (Lipinski definition) is 2. The maximum atomic E-state index is 3.74. The average Bonchev–Trinajstić information content (AvgIpc) is 2.39. The SMILES string of the molecule is C=CC(=CC)N1C=CN(C)C1. The summed E-state index contributed by atoms with van der Waals surface area (Å²) in [4.78, 5) is 4.26. The van der Waals surface area contributed by atoms with Crippen molar-refractivity contribution in [2.24, 2.45) is 0 Å². The molecule has 0 aromatic carbocycles. The van der Waals surface area contributed by atoms with Gasteiger partial charge in [-0.2, -0.15) is 0 Å². The van der Waals surface area contributed by atoms with Gasteiger partial charge in [0, 0.05) is 25.1 Å². The van der Waals surface area contributed by atoms with Crippen molar-refractivity contribution in [2.75, 3.05) is 13.7 Å². The molecule has 0 bridgehead atoms. The lowest BCUT2D eigenvalue weighted by Gasteiger charge is -2.18. The van der Waals surface area contributed by atoms with Gasteiger partial charge in [0.15, 0.2) is 0 Å². The van der Waals surface area contributed by atoms with Gasteiger partial charge in [-0.05, 0) is 13.0 Å². The Kier molecular flexibility index (Phi) is 2.36. The van der Waals surface area contributed by atoms with Gasteiger partial charge in [0.25, 0.3) is 0 Å². The van der Waals surface area contributed by atoms with Gasteiger partial charge in [0.2, 0.25) is 0 Å². The van der Waals surface area contributed by atoms with Crippen LogP contribution in [0.25, 0.3) is 0 Å². The molecule has 60 valence electrons. The van der Waals surface area contributed by atoms with Gasteiger partial charge in [-0.15, -0.1) is 0 Å². The van der Waals surface area contributed by atoms with Crippen LogP contribution in [0.5, 0.6) is 0 Å². The normalized spacial score (nSPS) is 17.8. The van der Waals surface area contributed by atoms with Crippen LogP contribution in [0.3, 0.4) is 0 Å². The minimum absolute atomic E-state index is 0.922. The molecular formula is C9H14N2. The average molecular weight is 150 g/mol. The van der Waals surface area contributed by atoms with E-state index in [4.69, 9.17) is 0 Å². The van der Waals surface area contributed by atoms with E-state index in [1.807, 2.05) is 26.2 Å². The molecule has 0 N–H and O–H groups in total. The molecule has 0 aliphatic carbocycles. The molecule has 0 amide bonds. The Hall–Kier alpha value is -1.18. The molecule has 1 aliphatic heterocycles. The highest BCUT2D eigenvalue weighted by Crippen LogP contribution is 2.12. The van der Waals surface area contributed by atoms with Crippen LogP contribution < -0.4 is 0 Å². The van der Waals surface area contributed by atoms with E-state index in [2.05, 4.69) is 28.7 Å². The van der Waals surface area contributed by atoms with Crippen molar-refractivity contribution in [1.82, 2.24) is 9.80 Å². The van der Waals surface area contributed by atoms with Gasteiger partial charge in [-0.25, -0.2) is 0 Å². The zero-order chi connectivity index (χ0) is 8.27. The first-order chi connectivity index (χ1) is 5.27. The minimum Gasteiger partial charge on any atom is -0.361 e. The lowest BCUT2D eigenvalue weighted by atomic mass is 10.4. The Balaban J connectivity index is 2.63. The predicted octanol–water partition coefficient (Wildman–Crippen LogP) is 1.75. The molecule has 0 atom stereocenters. The molecule has 0 saturated carbocycles. The maximum Gasteiger partial charge on any atom is 0.0938 e. The monoisotopic (exact) mass is 150 g/mol. The van der Waals surface area contributed by atoms with Crippen molar-refractivity contribution in [2.45, 2.75) is 6.92 Å². The van der Waals surface area contributed by atoms with Crippen molar-refractivity contribution in [3.05, 3.63) is 36.8 Å². The fourth-order valence-electron chi connectivity index (χ4n) is 1.10. The number of allylic oxidation sites excluding steroid dienone is 2. The van der Waals surface area contributed by atoms with Gasteiger partial charge in [0.05, 0.1) is 6.67 Å². The third-order valence-electron chi connectivity index (χ3n) is 1.71. The standard InChI is InChI=1S/C9H14N2/c1-4-9(5-2)11-7-6-10(3)8-11/h4-7H,1,8H2,2-3H3. The van der Waals surface area contributed by atoms with Crippen LogP contribution in [-0.2, 0) is 0 Å². The molecule has 11 heavy (non-hydrogen) atoms. The van der Waals surface area contributed by atoms with E-state index in [9.17, 15) is 0 Å². The fraction of sp³-hybridized carbons (Fsp3) is 0.333. The summed E-state index contributed by atoms with van der Waals surface area (Å²) in [6.45, 7) is 6.68. The minimum atomic E-state index is 0.922. The lowest BCUT2D eigenvalue weighted by Crippen LogP contribution is -2.20. The molecular weight excluding hydrogens is 136 g/mol. The first-order valence-corrected chi connectivity index (χ1v) is 3.72. The van der Waals surface area contributed by atoms with Gasteiger partial charge in [-0.1, -0.05) is 12.7 Å². The number of rotatable bonds is 2. The lowest BCUT2D eigenvalue weighted by molar-refractivity contribution is 0.351. The molecule has 1 aliphatic rings. The van der Waals surface area contributed by atoms with Crippen molar-refractivity contribution in [3.8, 4) is 0 Å². The highest BCUT2D eigenvalue weighted by atomic mass is 15.3. The fourth-order valence-corrected chi connectivity index (χ4v) is 1.10. The molecule has 0 fully saturated rings. The van der Waals surface area contributed by atoms with Crippen LogP contribution in [0.1, 0.15) is 6.92 Å². The molecule has 1 rings (SSSR count). The topological polar surface area (TPSA) is 6.48 Å². The molecule has 1 heterocycles. The van der Waals surface area contributed by atoms with Gasteiger partial charge >= 0.3 is 0 Å². The summed E-state index contributed by atoms with van der Waals surface area (Å²) < 4.78 is 0. The van der Waals surface area contributed by atoms with E-state index in [0.29, 0.717) is 0 Å². The zero-order valence-corrected chi connectivity index (χ0v) is 7.12. The largest absolute Gasteiger partial charge is 0.361 e. The smallest absolute Gasteiger partial charge is 0.0938 e. The maximum absolute atomic E-state index is 3.74. The van der Waals surface area contributed by atoms with Crippen molar-refractivity contribution in [1.29, 1.82) is 0 Å². The van der Waals surface area contributed by atoms with Crippen molar-refractivity contribution >= 4 is 0 Å². The number of hydrogen-bond donors (Lipinski definition) is 0. The third-order valence-corrected chi connectivity index (χ3v) is 1.71. The Morgan fingerprint density at radius 1 is 1.55 bits per heavy atom. The second-order valence-electron chi connectivity index (χ2n) is 2.58. The van der Waals surface area contributed by atoms with Gasteiger partial charge in [-0.3, -0.25) is 0 Å². The Morgan fingerprint density at radius 3 is 2.64 bits per heavy atom. The predicted molar refractivity (Wildman–Crippen MR) is 47.6 cm³/mol. The van der Waals surface area contributed by atoms with Crippen LogP contribution in [0.15, 0.2) is 36.8 Å². The highest BCUT2D eigenvalue weighted by molar-refractivity contribution is 5.18. The number of nitrogens with zero attached hydrogens (tertiary/aromatic N) is 2. The second-order valence-corrected chi connectivity index (χ2v) is 2.58. The molecule has 2 heteroatoms. The summed E-state index contributed by atoms with van der Waals surface area (Å²) in [5.41, 5.74) is 1.16. The molecule has 0 aromatic rings. The summed E-state index contributed by atoms with van der Waals surface area (Å²) in [6.07, 6.45) is 8.02. The summed E-state index contributed by atoms with van der Waals surface area (Å²) in [5.74, 6) is 0. The highest BCUT2D eigenvalue weighted by Gasteiger charge is 2.08. The summed E-state index contributed by atoms with van der Waals surface area (Å²) in [5, 5.41) is 0. The van der Waals surface area contributed by atoms with E-state index in [-0.39, 0.29) is 0 Å². The first kappa shape index (κ1) is 7.92. The summed E-state index contributed by atoms with van der Waals surface area (Å²) in [7, 11) is 2.05. The van der Waals surface area contributed by atoms with Gasteiger partial charge < -0.3 is 9.80 Å². The van der Waals surface area contributed by atoms with Crippen LogP contribution in [0.4, 0.5) is 0 Å². The van der Waals surface area contributed by atoms with E-state index in [1.54, 1.807) is 0 Å². The van der Waals surface area contributed by atoms with Crippen molar-refractivity contribution < 1.29 is 0 Å². The van der Waals surface area contributed by atoms with E-state index < -0.39 is 0 Å². The molecule has 0 saturated heterocycles. The summed E-state index contributed by atoms with van der Waals surface area (Å²) >= 11 is 0. The van der Waals surface area contributed by atoms with Crippen molar-refractivity contribution in [3.63, 3.8) is 0 Å². The molecule has 0 unspecified atom stereocenters. The molecule has 0 spiro atoms. The third kappa shape index (κ3) is 1.64. The first-order valence-electron chi connectivity index (χ1n) is 3.72. The molecule has 0 aromatic heterocycles. The van der Waals surface area contributed by atoms with Crippen LogP contribution in [-0.4, -0.2) is 23.5 Å². The van der Waals surface area contributed by atoms with Crippen LogP contribution >= 0.6 is 0 Å². The Morgan fingerprint density at radius 2 is 2.27 bits per heavy atom.